The Morgan fingerprint density at radius 2 is 2.12 bits per heavy atom. The molecule has 2 aromatic rings. The van der Waals surface area contributed by atoms with Crippen molar-refractivity contribution in [1.82, 2.24) is 25.0 Å². The van der Waals surface area contributed by atoms with E-state index in [0.29, 0.717) is 13.1 Å². The van der Waals surface area contributed by atoms with Gasteiger partial charge in [0.05, 0.1) is 13.1 Å². The second-order valence-corrected chi connectivity index (χ2v) is 6.72. The van der Waals surface area contributed by atoms with Gasteiger partial charge in [0.25, 0.3) is 0 Å². The Hall–Kier alpha value is -2.57. The smallest absolute Gasteiger partial charge is 0.317 e. The zero-order valence-electron chi connectivity index (χ0n) is 15.1. The quantitative estimate of drug-likeness (QED) is 0.923. The van der Waals surface area contributed by atoms with Crippen molar-refractivity contribution in [2.75, 3.05) is 24.5 Å². The minimum Gasteiger partial charge on any atom is -0.353 e. The SMILES string of the molecule is Cc1ccc2c(n1)N(CCn1cccn1)CCN(C(=O)NC(C)C)C2. The largest absolute Gasteiger partial charge is 0.353 e. The second kappa shape index (κ2) is 7.55. The Balaban J connectivity index is 1.79. The summed E-state index contributed by atoms with van der Waals surface area (Å²) in [5, 5.41) is 7.25. The van der Waals surface area contributed by atoms with E-state index in [9.17, 15) is 4.79 Å². The van der Waals surface area contributed by atoms with Crippen LogP contribution in [0.25, 0.3) is 0 Å². The van der Waals surface area contributed by atoms with Crippen LogP contribution < -0.4 is 10.2 Å². The highest BCUT2D eigenvalue weighted by Gasteiger charge is 2.24. The molecule has 2 amide bonds. The maximum atomic E-state index is 12.5. The number of nitrogens with one attached hydrogen (secondary N) is 1. The lowest BCUT2D eigenvalue weighted by molar-refractivity contribution is 0.195. The van der Waals surface area contributed by atoms with Crippen molar-refractivity contribution in [1.29, 1.82) is 0 Å². The fourth-order valence-corrected chi connectivity index (χ4v) is 2.99. The molecule has 0 bridgehead atoms. The van der Waals surface area contributed by atoms with Crippen molar-refractivity contribution in [3.05, 3.63) is 41.9 Å². The topological polar surface area (TPSA) is 66.3 Å². The molecule has 0 atom stereocenters. The van der Waals surface area contributed by atoms with Crippen molar-refractivity contribution < 1.29 is 4.79 Å². The number of anilines is 1. The van der Waals surface area contributed by atoms with Gasteiger partial charge in [-0.2, -0.15) is 5.10 Å². The van der Waals surface area contributed by atoms with Gasteiger partial charge >= 0.3 is 6.03 Å². The van der Waals surface area contributed by atoms with Gasteiger partial charge in [0.1, 0.15) is 5.82 Å². The maximum absolute atomic E-state index is 12.5. The monoisotopic (exact) mass is 342 g/mol. The number of aromatic nitrogens is 3. The Morgan fingerprint density at radius 1 is 1.28 bits per heavy atom. The summed E-state index contributed by atoms with van der Waals surface area (Å²) >= 11 is 0. The van der Waals surface area contributed by atoms with Crippen LogP contribution in [0, 0.1) is 6.92 Å². The first-order valence-electron chi connectivity index (χ1n) is 8.77. The number of fused-ring (bicyclic) bond motifs is 1. The zero-order chi connectivity index (χ0) is 17.8. The minimum absolute atomic E-state index is 0.0181. The molecule has 1 aliphatic heterocycles. The van der Waals surface area contributed by atoms with E-state index in [-0.39, 0.29) is 12.1 Å². The molecule has 7 nitrogen and oxygen atoms in total. The Kier molecular flexibility index (Phi) is 5.21. The predicted octanol–water partition coefficient (Wildman–Crippen LogP) is 2.03. The fraction of sp³-hybridized carbons (Fsp3) is 0.500. The summed E-state index contributed by atoms with van der Waals surface area (Å²) in [4.78, 5) is 21.3. The molecule has 0 aliphatic carbocycles. The molecule has 0 saturated carbocycles. The van der Waals surface area contributed by atoms with Crippen LogP contribution in [0.5, 0.6) is 0 Å². The summed E-state index contributed by atoms with van der Waals surface area (Å²) in [6.45, 7) is 9.57. The Labute approximate surface area is 148 Å². The number of pyridine rings is 1. The number of aryl methyl sites for hydroxylation is 1. The number of urea groups is 1. The first-order chi connectivity index (χ1) is 12.0. The van der Waals surface area contributed by atoms with Crippen molar-refractivity contribution in [3.63, 3.8) is 0 Å². The average Bonchev–Trinajstić information content (AvgIpc) is 3.01. The first kappa shape index (κ1) is 17.3. The molecule has 1 aliphatic rings. The van der Waals surface area contributed by atoms with E-state index < -0.39 is 0 Å². The normalized spacial score (nSPS) is 14.4. The van der Waals surface area contributed by atoms with E-state index in [1.807, 2.05) is 48.7 Å². The van der Waals surface area contributed by atoms with Gasteiger partial charge in [0.2, 0.25) is 0 Å². The Bertz CT molecular complexity index is 712. The number of rotatable bonds is 4. The van der Waals surface area contributed by atoms with E-state index in [2.05, 4.69) is 21.4 Å². The molecule has 0 saturated heterocycles. The molecule has 1 N–H and O–H groups in total. The van der Waals surface area contributed by atoms with Crippen molar-refractivity contribution >= 4 is 11.8 Å². The summed E-state index contributed by atoms with van der Waals surface area (Å²) in [7, 11) is 0. The van der Waals surface area contributed by atoms with Gasteiger partial charge in [-0.25, -0.2) is 9.78 Å². The fourth-order valence-electron chi connectivity index (χ4n) is 2.99. The standard InChI is InChI=1S/C18H26N6O/c1-14(2)20-18(25)23-10-9-22(11-12-24-8-4-7-19-24)17-16(13-23)6-5-15(3)21-17/h4-8,14H,9-13H2,1-3H3,(H,20,25). The van der Waals surface area contributed by atoms with Crippen molar-refractivity contribution in [2.45, 2.75) is 39.9 Å². The van der Waals surface area contributed by atoms with Gasteiger partial charge in [-0.3, -0.25) is 4.68 Å². The van der Waals surface area contributed by atoms with E-state index in [1.165, 1.54) is 0 Å². The lowest BCUT2D eigenvalue weighted by Gasteiger charge is -2.24. The van der Waals surface area contributed by atoms with Crippen molar-refractivity contribution in [3.8, 4) is 0 Å². The van der Waals surface area contributed by atoms with Gasteiger partial charge < -0.3 is 15.1 Å². The molecule has 3 heterocycles. The third-order valence-corrected chi connectivity index (χ3v) is 4.25. The van der Waals surface area contributed by atoms with Gasteiger partial charge in [-0.1, -0.05) is 6.07 Å². The van der Waals surface area contributed by atoms with E-state index >= 15 is 0 Å². The third-order valence-electron chi connectivity index (χ3n) is 4.25. The first-order valence-corrected chi connectivity index (χ1v) is 8.77. The van der Waals surface area contributed by atoms with Crippen LogP contribution in [0.1, 0.15) is 25.1 Å². The van der Waals surface area contributed by atoms with Gasteiger partial charge in [0, 0.05) is 49.3 Å². The molecule has 2 aromatic heterocycles. The molecule has 0 aromatic carbocycles. The van der Waals surface area contributed by atoms with E-state index in [1.54, 1.807) is 6.20 Å². The van der Waals surface area contributed by atoms with Gasteiger partial charge in [-0.05, 0) is 32.9 Å². The number of carbonyl (C=O) groups is 1. The van der Waals surface area contributed by atoms with Crippen LogP contribution in [0.3, 0.4) is 0 Å². The van der Waals surface area contributed by atoms with Crippen LogP contribution in [-0.2, 0) is 13.1 Å². The molecule has 0 spiro atoms. The van der Waals surface area contributed by atoms with E-state index in [4.69, 9.17) is 4.98 Å². The molecular weight excluding hydrogens is 316 g/mol. The number of nitrogens with zero attached hydrogens (tertiary/aromatic N) is 5. The highest BCUT2D eigenvalue weighted by molar-refractivity contribution is 5.75. The minimum atomic E-state index is -0.0181. The molecule has 134 valence electrons. The van der Waals surface area contributed by atoms with Gasteiger partial charge in [0.15, 0.2) is 0 Å². The van der Waals surface area contributed by atoms with Crippen LogP contribution in [0.2, 0.25) is 0 Å². The van der Waals surface area contributed by atoms with Crippen LogP contribution in [0.15, 0.2) is 30.6 Å². The number of hydrogen-bond donors (Lipinski definition) is 1. The summed E-state index contributed by atoms with van der Waals surface area (Å²) in [5.74, 6) is 0.979. The molecule has 0 radical (unpaired) electrons. The van der Waals surface area contributed by atoms with Crippen LogP contribution in [-0.4, -0.2) is 51.4 Å². The molecule has 7 heteroatoms. The molecular formula is C18H26N6O. The summed E-state index contributed by atoms with van der Waals surface area (Å²) < 4.78 is 1.92. The van der Waals surface area contributed by atoms with Crippen LogP contribution in [0.4, 0.5) is 10.6 Å². The number of carbonyl (C=O) groups excluding carboxylic acids is 1. The van der Waals surface area contributed by atoms with Gasteiger partial charge in [-0.15, -0.1) is 0 Å². The molecule has 25 heavy (non-hydrogen) atoms. The molecule has 0 unspecified atom stereocenters. The van der Waals surface area contributed by atoms with E-state index in [0.717, 1.165) is 36.7 Å². The lowest BCUT2D eigenvalue weighted by atomic mass is 10.2. The predicted molar refractivity (Wildman–Crippen MR) is 97.5 cm³/mol. The summed E-state index contributed by atoms with van der Waals surface area (Å²) in [6, 6.07) is 6.13. The highest BCUT2D eigenvalue weighted by atomic mass is 16.2. The van der Waals surface area contributed by atoms with Crippen molar-refractivity contribution in [2.24, 2.45) is 0 Å². The zero-order valence-corrected chi connectivity index (χ0v) is 15.1. The lowest BCUT2D eigenvalue weighted by Crippen LogP contribution is -2.44. The number of hydrogen-bond acceptors (Lipinski definition) is 4. The maximum Gasteiger partial charge on any atom is 0.317 e. The summed E-state index contributed by atoms with van der Waals surface area (Å²) in [6.07, 6.45) is 3.75. The third kappa shape index (κ3) is 4.29. The molecule has 0 fully saturated rings. The summed E-state index contributed by atoms with van der Waals surface area (Å²) in [5.41, 5.74) is 2.07. The second-order valence-electron chi connectivity index (χ2n) is 6.72. The average molecular weight is 342 g/mol. The molecule has 3 rings (SSSR count). The number of amides is 2. The Morgan fingerprint density at radius 3 is 2.84 bits per heavy atom. The van der Waals surface area contributed by atoms with Crippen LogP contribution >= 0.6 is 0 Å². The highest BCUT2D eigenvalue weighted by Crippen LogP contribution is 2.23.